The fourth-order valence-electron chi connectivity index (χ4n) is 3.67. The number of halogens is 1. The number of nitrogens with zero attached hydrogens (tertiary/aromatic N) is 6. The molecule has 0 saturated carbocycles. The normalized spacial score (nSPS) is 14.9. The van der Waals surface area contributed by atoms with Crippen LogP contribution in [0, 0.1) is 5.82 Å². The maximum atomic E-state index is 13.5. The maximum absolute atomic E-state index is 13.5. The van der Waals surface area contributed by atoms with Gasteiger partial charge in [-0.15, -0.1) is 5.10 Å². The Kier molecular flexibility index (Phi) is 5.01. The highest BCUT2D eigenvalue weighted by Crippen LogP contribution is 2.24. The van der Waals surface area contributed by atoms with Gasteiger partial charge in [0.15, 0.2) is 0 Å². The zero-order chi connectivity index (χ0) is 19.5. The molecule has 0 aliphatic carbocycles. The van der Waals surface area contributed by atoms with Crippen molar-refractivity contribution in [1.82, 2.24) is 25.1 Å². The quantitative estimate of drug-likeness (QED) is 0.696. The number of hydrogen-bond acceptors (Lipinski definition) is 5. The van der Waals surface area contributed by atoms with Crippen LogP contribution in [-0.2, 0) is 0 Å². The van der Waals surface area contributed by atoms with E-state index in [1.807, 2.05) is 31.3 Å². The summed E-state index contributed by atoms with van der Waals surface area (Å²) in [6, 6.07) is 14.1. The Hall–Kier alpha value is -3.29. The lowest BCUT2D eigenvalue weighted by Gasteiger charge is -2.38. The molecule has 144 valence electrons. The van der Waals surface area contributed by atoms with Crippen LogP contribution in [0.25, 0.3) is 5.69 Å². The third kappa shape index (κ3) is 3.58. The monoisotopic (exact) mass is 380 g/mol. The number of tetrazole rings is 1. The van der Waals surface area contributed by atoms with Gasteiger partial charge in [0, 0.05) is 31.9 Å². The molecule has 0 radical (unpaired) electrons. The molecule has 28 heavy (non-hydrogen) atoms. The van der Waals surface area contributed by atoms with Crippen LogP contribution in [-0.4, -0.2) is 57.2 Å². The molecular formula is C20H21FN6O. The van der Waals surface area contributed by atoms with Gasteiger partial charge in [-0.3, -0.25) is 4.79 Å². The summed E-state index contributed by atoms with van der Waals surface area (Å²) in [6.07, 6.45) is 3.13. The number of rotatable bonds is 4. The minimum atomic E-state index is -0.230. The van der Waals surface area contributed by atoms with Crippen molar-refractivity contribution in [1.29, 1.82) is 0 Å². The van der Waals surface area contributed by atoms with Gasteiger partial charge in [0.1, 0.15) is 12.1 Å². The first-order chi connectivity index (χ1) is 13.6. The molecule has 8 heteroatoms. The average molecular weight is 380 g/mol. The van der Waals surface area contributed by atoms with Crippen LogP contribution in [0.15, 0.2) is 54.9 Å². The zero-order valence-electron chi connectivity index (χ0n) is 15.6. The molecule has 2 aromatic carbocycles. The summed E-state index contributed by atoms with van der Waals surface area (Å²) in [5.41, 5.74) is 2.10. The van der Waals surface area contributed by atoms with Crippen molar-refractivity contribution in [2.75, 3.05) is 25.0 Å². The van der Waals surface area contributed by atoms with Crippen LogP contribution in [0.2, 0.25) is 0 Å². The van der Waals surface area contributed by atoms with Gasteiger partial charge in [-0.05, 0) is 53.6 Å². The summed E-state index contributed by atoms with van der Waals surface area (Å²) in [7, 11) is 1.83. The first-order valence-corrected chi connectivity index (χ1v) is 9.23. The molecule has 1 fully saturated rings. The molecule has 1 aliphatic heterocycles. The summed E-state index contributed by atoms with van der Waals surface area (Å²) in [5, 5.41) is 11.2. The number of hydrogen-bond donors (Lipinski definition) is 0. The maximum Gasteiger partial charge on any atom is 0.256 e. The average Bonchev–Trinajstić information content (AvgIpc) is 3.28. The summed E-state index contributed by atoms with van der Waals surface area (Å²) in [4.78, 5) is 17.1. The fraction of sp³-hybridized carbons (Fsp3) is 0.300. The highest BCUT2D eigenvalue weighted by molar-refractivity contribution is 5.97. The Balaban J connectivity index is 1.46. The molecule has 0 unspecified atom stereocenters. The van der Waals surface area contributed by atoms with Gasteiger partial charge in [-0.2, -0.15) is 4.68 Å². The summed E-state index contributed by atoms with van der Waals surface area (Å²) >= 11 is 0. The second-order valence-electron chi connectivity index (χ2n) is 6.89. The van der Waals surface area contributed by atoms with E-state index in [9.17, 15) is 9.18 Å². The molecule has 1 aromatic heterocycles. The van der Waals surface area contributed by atoms with E-state index in [1.54, 1.807) is 23.1 Å². The van der Waals surface area contributed by atoms with Gasteiger partial charge < -0.3 is 9.80 Å². The minimum Gasteiger partial charge on any atom is -0.371 e. The van der Waals surface area contributed by atoms with E-state index >= 15 is 0 Å². The number of anilines is 1. The number of benzene rings is 2. The lowest BCUT2D eigenvalue weighted by atomic mass is 10.0. The predicted octanol–water partition coefficient (Wildman–Crippen LogP) is 2.54. The van der Waals surface area contributed by atoms with Crippen LogP contribution >= 0.6 is 0 Å². The van der Waals surface area contributed by atoms with Gasteiger partial charge in [-0.25, -0.2) is 4.39 Å². The highest BCUT2D eigenvalue weighted by Gasteiger charge is 2.27. The largest absolute Gasteiger partial charge is 0.371 e. The van der Waals surface area contributed by atoms with Crippen molar-refractivity contribution in [3.05, 3.63) is 66.2 Å². The summed E-state index contributed by atoms with van der Waals surface area (Å²) in [5.74, 6) is -0.290. The Bertz CT molecular complexity index is 953. The van der Waals surface area contributed by atoms with Crippen LogP contribution in [0.5, 0.6) is 0 Å². The van der Waals surface area contributed by atoms with Gasteiger partial charge in [0.2, 0.25) is 0 Å². The lowest BCUT2D eigenvalue weighted by Crippen LogP contribution is -2.45. The smallest absolute Gasteiger partial charge is 0.256 e. The Morgan fingerprint density at radius 3 is 2.64 bits per heavy atom. The Morgan fingerprint density at radius 1 is 1.14 bits per heavy atom. The molecule has 1 amide bonds. The van der Waals surface area contributed by atoms with Crippen LogP contribution in [0.3, 0.4) is 0 Å². The van der Waals surface area contributed by atoms with Crippen molar-refractivity contribution in [2.24, 2.45) is 0 Å². The van der Waals surface area contributed by atoms with Crippen LogP contribution < -0.4 is 4.90 Å². The standard InChI is InChI=1S/C20H21FN6O/c1-25(16-9-11-26(12-10-16)17-6-4-5-15(21)13-17)20(28)18-7-2-3-8-19(18)27-14-22-23-24-27/h2-8,13-14,16H,9-12H2,1H3. The zero-order valence-corrected chi connectivity index (χ0v) is 15.6. The van der Waals surface area contributed by atoms with E-state index < -0.39 is 0 Å². The Labute approximate surface area is 162 Å². The molecule has 3 aromatic rings. The molecule has 2 heterocycles. The molecule has 0 N–H and O–H groups in total. The molecule has 4 rings (SSSR count). The minimum absolute atomic E-state index is 0.0599. The number of para-hydroxylation sites is 1. The van der Waals surface area contributed by atoms with Gasteiger partial charge in [-0.1, -0.05) is 18.2 Å². The van der Waals surface area contributed by atoms with Crippen molar-refractivity contribution >= 4 is 11.6 Å². The SMILES string of the molecule is CN(C(=O)c1ccccc1-n1cnnn1)C1CCN(c2cccc(F)c2)CC1. The molecule has 0 atom stereocenters. The molecule has 7 nitrogen and oxygen atoms in total. The van der Waals surface area contributed by atoms with E-state index in [1.165, 1.54) is 17.1 Å². The number of aromatic nitrogens is 4. The van der Waals surface area contributed by atoms with Crippen LogP contribution in [0.1, 0.15) is 23.2 Å². The summed E-state index contributed by atoms with van der Waals surface area (Å²) in [6.45, 7) is 1.56. The number of carbonyl (C=O) groups is 1. The second kappa shape index (κ2) is 7.75. The predicted molar refractivity (Wildman–Crippen MR) is 103 cm³/mol. The van der Waals surface area contributed by atoms with E-state index in [0.29, 0.717) is 11.3 Å². The van der Waals surface area contributed by atoms with Crippen LogP contribution in [0.4, 0.5) is 10.1 Å². The van der Waals surface area contributed by atoms with Crippen molar-refractivity contribution < 1.29 is 9.18 Å². The fourth-order valence-corrected chi connectivity index (χ4v) is 3.67. The molecule has 0 bridgehead atoms. The van der Waals surface area contributed by atoms with Crippen molar-refractivity contribution in [3.63, 3.8) is 0 Å². The molecule has 1 aliphatic rings. The first-order valence-electron chi connectivity index (χ1n) is 9.23. The third-order valence-electron chi connectivity index (χ3n) is 5.24. The van der Waals surface area contributed by atoms with E-state index in [-0.39, 0.29) is 17.8 Å². The van der Waals surface area contributed by atoms with E-state index in [4.69, 9.17) is 0 Å². The lowest BCUT2D eigenvalue weighted by molar-refractivity contribution is 0.0709. The highest BCUT2D eigenvalue weighted by atomic mass is 19.1. The van der Waals surface area contributed by atoms with Gasteiger partial charge >= 0.3 is 0 Å². The molecule has 1 saturated heterocycles. The topological polar surface area (TPSA) is 67.2 Å². The van der Waals surface area contributed by atoms with E-state index in [2.05, 4.69) is 20.4 Å². The first kappa shape index (κ1) is 18.1. The van der Waals surface area contributed by atoms with E-state index in [0.717, 1.165) is 31.6 Å². The number of amides is 1. The number of piperidine rings is 1. The van der Waals surface area contributed by atoms with Crippen molar-refractivity contribution in [2.45, 2.75) is 18.9 Å². The van der Waals surface area contributed by atoms with Crippen molar-refractivity contribution in [3.8, 4) is 5.69 Å². The third-order valence-corrected chi connectivity index (χ3v) is 5.24. The second-order valence-corrected chi connectivity index (χ2v) is 6.89. The summed E-state index contributed by atoms with van der Waals surface area (Å²) < 4.78 is 15.0. The van der Waals surface area contributed by atoms with Gasteiger partial charge in [0.25, 0.3) is 5.91 Å². The number of carbonyl (C=O) groups excluding carboxylic acids is 1. The molecule has 0 spiro atoms. The molecular weight excluding hydrogens is 359 g/mol. The van der Waals surface area contributed by atoms with Gasteiger partial charge in [0.05, 0.1) is 11.3 Å². The Morgan fingerprint density at radius 2 is 1.93 bits per heavy atom.